The number of pyridine rings is 1. The summed E-state index contributed by atoms with van der Waals surface area (Å²) in [6.07, 6.45) is 11.3. The van der Waals surface area contributed by atoms with Crippen molar-refractivity contribution < 1.29 is 4.79 Å². The van der Waals surface area contributed by atoms with Crippen LogP contribution in [0.2, 0.25) is 0 Å². The zero-order chi connectivity index (χ0) is 22.2. The third-order valence-electron chi connectivity index (χ3n) is 6.84. The standard InChI is InChI=1S/C24H28N8O/c33-24(19-5-4-12-31-16-26-28-23(19)31)27-21-13-17-15-32(18-6-8-25-9-7-18)29-20(17)14-22(21)30-10-2-1-3-11-30/h4-5,12-16,18,25H,1-3,6-11H2,(H,27,33). The summed E-state index contributed by atoms with van der Waals surface area (Å²) in [4.78, 5) is 15.7. The smallest absolute Gasteiger partial charge is 0.259 e. The van der Waals surface area contributed by atoms with Crippen molar-refractivity contribution in [3.05, 3.63) is 48.5 Å². The van der Waals surface area contributed by atoms with Gasteiger partial charge in [-0.15, -0.1) is 10.2 Å². The molecule has 0 saturated carbocycles. The predicted molar refractivity (Wildman–Crippen MR) is 128 cm³/mol. The van der Waals surface area contributed by atoms with E-state index < -0.39 is 0 Å². The van der Waals surface area contributed by atoms with Crippen LogP contribution in [0.3, 0.4) is 0 Å². The second-order valence-electron chi connectivity index (χ2n) is 9.00. The Morgan fingerprint density at radius 2 is 1.97 bits per heavy atom. The van der Waals surface area contributed by atoms with Gasteiger partial charge in [-0.25, -0.2) is 0 Å². The zero-order valence-electron chi connectivity index (χ0n) is 18.6. The van der Waals surface area contributed by atoms with E-state index in [1.807, 2.05) is 12.3 Å². The molecular weight excluding hydrogens is 416 g/mol. The number of hydrogen-bond donors (Lipinski definition) is 2. The lowest BCUT2D eigenvalue weighted by Gasteiger charge is -2.30. The van der Waals surface area contributed by atoms with E-state index in [4.69, 9.17) is 5.10 Å². The Morgan fingerprint density at radius 1 is 1.12 bits per heavy atom. The second-order valence-corrected chi connectivity index (χ2v) is 9.00. The molecule has 2 aliphatic rings. The van der Waals surface area contributed by atoms with E-state index in [1.54, 1.807) is 16.8 Å². The molecule has 0 bridgehead atoms. The lowest BCUT2D eigenvalue weighted by Crippen LogP contribution is -2.30. The maximum atomic E-state index is 13.3. The van der Waals surface area contributed by atoms with E-state index in [0.29, 0.717) is 17.3 Å². The van der Waals surface area contributed by atoms with Gasteiger partial charge in [-0.3, -0.25) is 13.9 Å². The maximum Gasteiger partial charge on any atom is 0.259 e. The van der Waals surface area contributed by atoms with Crippen LogP contribution < -0.4 is 15.5 Å². The first kappa shape index (κ1) is 20.2. The summed E-state index contributed by atoms with van der Waals surface area (Å²) in [6, 6.07) is 8.26. The Balaban J connectivity index is 1.39. The number of fused-ring (bicyclic) bond motifs is 2. The van der Waals surface area contributed by atoms with Crippen molar-refractivity contribution in [2.24, 2.45) is 0 Å². The van der Waals surface area contributed by atoms with Crippen molar-refractivity contribution in [2.75, 3.05) is 36.4 Å². The number of aromatic nitrogens is 5. The molecule has 33 heavy (non-hydrogen) atoms. The highest BCUT2D eigenvalue weighted by Gasteiger charge is 2.22. The molecule has 4 aromatic rings. The average Bonchev–Trinajstić information content (AvgIpc) is 3.51. The van der Waals surface area contributed by atoms with Crippen LogP contribution in [-0.2, 0) is 0 Å². The number of amides is 1. The third-order valence-corrected chi connectivity index (χ3v) is 6.84. The van der Waals surface area contributed by atoms with E-state index in [1.165, 1.54) is 6.42 Å². The molecule has 9 heteroatoms. The summed E-state index contributed by atoms with van der Waals surface area (Å²) >= 11 is 0. The van der Waals surface area contributed by atoms with Gasteiger partial charge >= 0.3 is 0 Å². The maximum absolute atomic E-state index is 13.3. The summed E-state index contributed by atoms with van der Waals surface area (Å²) in [5.74, 6) is -0.183. The Bertz CT molecular complexity index is 1300. The Morgan fingerprint density at radius 3 is 2.82 bits per heavy atom. The van der Waals surface area contributed by atoms with Gasteiger partial charge in [-0.2, -0.15) is 5.10 Å². The predicted octanol–water partition coefficient (Wildman–Crippen LogP) is 3.25. The molecule has 2 fully saturated rings. The number of nitrogens with one attached hydrogen (secondary N) is 2. The normalized spacial score (nSPS) is 17.6. The van der Waals surface area contributed by atoms with Crippen LogP contribution in [-0.4, -0.2) is 56.5 Å². The molecule has 2 aliphatic heterocycles. The van der Waals surface area contributed by atoms with E-state index in [0.717, 1.165) is 74.1 Å². The van der Waals surface area contributed by atoms with Crippen molar-refractivity contribution in [1.82, 2.24) is 29.7 Å². The number of carbonyl (C=O) groups is 1. The van der Waals surface area contributed by atoms with E-state index in [2.05, 4.69) is 48.7 Å². The molecule has 0 spiro atoms. The van der Waals surface area contributed by atoms with Crippen LogP contribution >= 0.6 is 0 Å². The summed E-state index contributed by atoms with van der Waals surface area (Å²) < 4.78 is 3.88. The van der Waals surface area contributed by atoms with Crippen molar-refractivity contribution in [3.8, 4) is 0 Å². The number of benzene rings is 1. The number of anilines is 2. The van der Waals surface area contributed by atoms with E-state index in [9.17, 15) is 4.79 Å². The van der Waals surface area contributed by atoms with Crippen molar-refractivity contribution in [2.45, 2.75) is 38.1 Å². The SMILES string of the molecule is O=C(Nc1cc2cn(C3CCNCC3)nc2cc1N1CCCCC1)c1cccn2cnnc12. The molecule has 2 N–H and O–H groups in total. The molecule has 0 atom stereocenters. The Kier molecular flexibility index (Phi) is 5.18. The minimum Gasteiger partial charge on any atom is -0.370 e. The highest BCUT2D eigenvalue weighted by Crippen LogP contribution is 2.34. The molecule has 5 heterocycles. The first-order valence-corrected chi connectivity index (χ1v) is 11.8. The molecule has 0 unspecified atom stereocenters. The quantitative estimate of drug-likeness (QED) is 0.502. The zero-order valence-corrected chi connectivity index (χ0v) is 18.6. The van der Waals surface area contributed by atoms with Gasteiger partial charge < -0.3 is 15.5 Å². The van der Waals surface area contributed by atoms with Crippen LogP contribution in [0, 0.1) is 0 Å². The molecule has 170 valence electrons. The number of carbonyl (C=O) groups excluding carboxylic acids is 1. The number of piperidine rings is 2. The van der Waals surface area contributed by atoms with Crippen LogP contribution in [0.15, 0.2) is 43.0 Å². The molecule has 0 aliphatic carbocycles. The topological polar surface area (TPSA) is 92.4 Å². The second kappa shape index (κ2) is 8.47. The summed E-state index contributed by atoms with van der Waals surface area (Å²) in [5, 5.41) is 20.6. The Labute approximate surface area is 191 Å². The van der Waals surface area contributed by atoms with E-state index >= 15 is 0 Å². The van der Waals surface area contributed by atoms with Crippen molar-refractivity contribution in [3.63, 3.8) is 0 Å². The highest BCUT2D eigenvalue weighted by molar-refractivity contribution is 6.10. The monoisotopic (exact) mass is 444 g/mol. The van der Waals surface area contributed by atoms with Crippen LogP contribution in [0.25, 0.3) is 16.6 Å². The largest absolute Gasteiger partial charge is 0.370 e. The fourth-order valence-electron chi connectivity index (χ4n) is 5.05. The van der Waals surface area contributed by atoms with Gasteiger partial charge in [0.05, 0.1) is 28.5 Å². The first-order valence-electron chi connectivity index (χ1n) is 11.8. The summed E-state index contributed by atoms with van der Waals surface area (Å²) in [5.41, 5.74) is 3.89. The first-order chi connectivity index (χ1) is 16.3. The van der Waals surface area contributed by atoms with Crippen LogP contribution in [0.5, 0.6) is 0 Å². The van der Waals surface area contributed by atoms with Crippen LogP contribution in [0.1, 0.15) is 48.5 Å². The highest BCUT2D eigenvalue weighted by atomic mass is 16.1. The van der Waals surface area contributed by atoms with Gasteiger partial charge in [0.2, 0.25) is 0 Å². The minimum atomic E-state index is -0.183. The molecular formula is C24H28N8O. The Hall–Kier alpha value is -3.46. The van der Waals surface area contributed by atoms with Gasteiger partial charge in [-0.05, 0) is 69.5 Å². The number of hydrogen-bond acceptors (Lipinski definition) is 6. The van der Waals surface area contributed by atoms with Gasteiger partial charge in [0.15, 0.2) is 5.65 Å². The molecule has 1 aromatic carbocycles. The molecule has 0 radical (unpaired) electrons. The molecule has 2 saturated heterocycles. The molecule has 3 aromatic heterocycles. The molecule has 9 nitrogen and oxygen atoms in total. The minimum absolute atomic E-state index is 0.183. The van der Waals surface area contributed by atoms with Gasteiger partial charge in [0.25, 0.3) is 5.91 Å². The van der Waals surface area contributed by atoms with Crippen LogP contribution in [0.4, 0.5) is 11.4 Å². The average molecular weight is 445 g/mol. The van der Waals surface area contributed by atoms with Gasteiger partial charge in [0.1, 0.15) is 6.33 Å². The summed E-state index contributed by atoms with van der Waals surface area (Å²) in [7, 11) is 0. The van der Waals surface area contributed by atoms with Gasteiger partial charge in [0, 0.05) is 30.9 Å². The fourth-order valence-corrected chi connectivity index (χ4v) is 5.05. The molecule has 6 rings (SSSR count). The lowest BCUT2D eigenvalue weighted by atomic mass is 10.1. The summed E-state index contributed by atoms with van der Waals surface area (Å²) in [6.45, 7) is 4.02. The van der Waals surface area contributed by atoms with Crippen molar-refractivity contribution >= 4 is 33.8 Å². The van der Waals surface area contributed by atoms with Crippen molar-refractivity contribution in [1.29, 1.82) is 0 Å². The lowest BCUT2D eigenvalue weighted by molar-refractivity contribution is 0.102. The number of nitrogens with zero attached hydrogens (tertiary/aromatic N) is 6. The fraction of sp³-hybridized carbons (Fsp3) is 0.417. The number of rotatable bonds is 4. The third kappa shape index (κ3) is 3.82. The van der Waals surface area contributed by atoms with Gasteiger partial charge in [-0.1, -0.05) is 0 Å². The van der Waals surface area contributed by atoms with E-state index in [-0.39, 0.29) is 5.91 Å². The molecule has 1 amide bonds.